The molecule has 1 aromatic heterocycles. The van der Waals surface area contributed by atoms with Crippen molar-refractivity contribution >= 4 is 11.6 Å². The molecule has 1 fully saturated rings. The maximum atomic E-state index is 12.0. The molecule has 18 heavy (non-hydrogen) atoms. The van der Waals surface area contributed by atoms with Crippen LogP contribution in [0.25, 0.3) is 0 Å². The Hall–Kier alpha value is -1.62. The minimum Gasteiger partial charge on any atom is -0.397 e. The van der Waals surface area contributed by atoms with Crippen LogP contribution in [0.15, 0.2) is 18.3 Å². The number of nitrogens with zero attached hydrogens (tertiary/aromatic N) is 2. The van der Waals surface area contributed by atoms with E-state index in [0.29, 0.717) is 17.3 Å². The fourth-order valence-electron chi connectivity index (χ4n) is 2.35. The zero-order valence-corrected chi connectivity index (χ0v) is 10.9. The highest BCUT2D eigenvalue weighted by atomic mass is 16.1. The van der Waals surface area contributed by atoms with Crippen LogP contribution in [-0.4, -0.2) is 42.0 Å². The van der Waals surface area contributed by atoms with Gasteiger partial charge in [0.2, 0.25) is 0 Å². The first-order valence-electron chi connectivity index (χ1n) is 6.27. The molecule has 0 radical (unpaired) electrons. The Kier molecular flexibility index (Phi) is 3.81. The third kappa shape index (κ3) is 2.98. The SMILES string of the molecule is CC1CN(C)CCC1NC(=O)c1ccc(N)cn1. The molecule has 1 aliphatic rings. The van der Waals surface area contributed by atoms with Gasteiger partial charge in [-0.25, -0.2) is 4.98 Å². The minimum atomic E-state index is -0.114. The molecule has 0 bridgehead atoms. The Labute approximate surface area is 107 Å². The van der Waals surface area contributed by atoms with Gasteiger partial charge in [0.1, 0.15) is 5.69 Å². The van der Waals surface area contributed by atoms with Gasteiger partial charge in [0.15, 0.2) is 0 Å². The third-order valence-electron chi connectivity index (χ3n) is 3.44. The predicted molar refractivity (Wildman–Crippen MR) is 71.2 cm³/mol. The lowest BCUT2D eigenvalue weighted by Crippen LogP contribution is -2.49. The number of hydrogen-bond donors (Lipinski definition) is 2. The largest absolute Gasteiger partial charge is 0.397 e. The molecule has 5 nitrogen and oxygen atoms in total. The van der Waals surface area contributed by atoms with Crippen LogP contribution in [0.1, 0.15) is 23.8 Å². The van der Waals surface area contributed by atoms with E-state index in [2.05, 4.69) is 29.2 Å². The van der Waals surface area contributed by atoms with Crippen molar-refractivity contribution in [3.8, 4) is 0 Å². The molecule has 98 valence electrons. The van der Waals surface area contributed by atoms with Crippen molar-refractivity contribution in [1.82, 2.24) is 15.2 Å². The second-order valence-electron chi connectivity index (χ2n) is 5.08. The zero-order chi connectivity index (χ0) is 13.1. The number of pyridine rings is 1. The van der Waals surface area contributed by atoms with E-state index >= 15 is 0 Å². The van der Waals surface area contributed by atoms with Crippen LogP contribution < -0.4 is 11.1 Å². The Bertz CT molecular complexity index is 418. The van der Waals surface area contributed by atoms with Crippen LogP contribution in [0.2, 0.25) is 0 Å². The summed E-state index contributed by atoms with van der Waals surface area (Å²) in [6.07, 6.45) is 2.49. The quantitative estimate of drug-likeness (QED) is 0.809. The van der Waals surface area contributed by atoms with Gasteiger partial charge in [-0.1, -0.05) is 6.92 Å². The third-order valence-corrected chi connectivity index (χ3v) is 3.44. The van der Waals surface area contributed by atoms with E-state index in [1.165, 1.54) is 6.20 Å². The smallest absolute Gasteiger partial charge is 0.270 e. The second kappa shape index (κ2) is 5.35. The summed E-state index contributed by atoms with van der Waals surface area (Å²) in [5, 5.41) is 3.06. The van der Waals surface area contributed by atoms with Crippen molar-refractivity contribution in [3.63, 3.8) is 0 Å². The van der Waals surface area contributed by atoms with E-state index in [9.17, 15) is 4.79 Å². The van der Waals surface area contributed by atoms with Gasteiger partial charge < -0.3 is 16.0 Å². The first-order valence-corrected chi connectivity index (χ1v) is 6.27. The normalized spacial score (nSPS) is 24.8. The molecule has 1 amide bonds. The first kappa shape index (κ1) is 12.8. The van der Waals surface area contributed by atoms with Crippen LogP contribution in [0.4, 0.5) is 5.69 Å². The molecule has 0 aromatic carbocycles. The summed E-state index contributed by atoms with van der Waals surface area (Å²) in [6.45, 7) is 4.20. The summed E-state index contributed by atoms with van der Waals surface area (Å²) in [6, 6.07) is 3.58. The van der Waals surface area contributed by atoms with Crippen molar-refractivity contribution < 1.29 is 4.79 Å². The lowest BCUT2D eigenvalue weighted by Gasteiger charge is -2.35. The number of amides is 1. The molecular weight excluding hydrogens is 228 g/mol. The van der Waals surface area contributed by atoms with Crippen molar-refractivity contribution in [2.45, 2.75) is 19.4 Å². The lowest BCUT2D eigenvalue weighted by molar-refractivity contribution is 0.0879. The fourth-order valence-corrected chi connectivity index (χ4v) is 2.35. The average molecular weight is 248 g/mol. The van der Waals surface area contributed by atoms with Gasteiger partial charge in [0, 0.05) is 12.6 Å². The van der Waals surface area contributed by atoms with Gasteiger partial charge >= 0.3 is 0 Å². The van der Waals surface area contributed by atoms with E-state index in [1.807, 2.05) is 0 Å². The topological polar surface area (TPSA) is 71.2 Å². The monoisotopic (exact) mass is 248 g/mol. The van der Waals surface area contributed by atoms with E-state index in [1.54, 1.807) is 12.1 Å². The number of rotatable bonds is 2. The lowest BCUT2D eigenvalue weighted by atomic mass is 9.94. The molecule has 3 N–H and O–H groups in total. The Balaban J connectivity index is 1.97. The number of carbonyl (C=O) groups excluding carboxylic acids is 1. The molecule has 2 heterocycles. The highest BCUT2D eigenvalue weighted by Gasteiger charge is 2.25. The van der Waals surface area contributed by atoms with Crippen molar-refractivity contribution in [2.75, 3.05) is 25.9 Å². The van der Waals surface area contributed by atoms with E-state index < -0.39 is 0 Å². The molecular formula is C13H20N4O. The Morgan fingerprint density at radius 1 is 1.56 bits per heavy atom. The molecule has 2 unspecified atom stereocenters. The van der Waals surface area contributed by atoms with Crippen molar-refractivity contribution in [3.05, 3.63) is 24.0 Å². The average Bonchev–Trinajstić information content (AvgIpc) is 2.33. The summed E-state index contributed by atoms with van der Waals surface area (Å²) in [5.41, 5.74) is 6.54. The number of nitrogen functional groups attached to an aromatic ring is 1. The highest BCUT2D eigenvalue weighted by Crippen LogP contribution is 2.15. The van der Waals surface area contributed by atoms with Crippen LogP contribution >= 0.6 is 0 Å². The maximum absolute atomic E-state index is 12.0. The molecule has 1 aromatic rings. The van der Waals surface area contributed by atoms with Crippen LogP contribution in [0.3, 0.4) is 0 Å². The number of hydrogen-bond acceptors (Lipinski definition) is 4. The van der Waals surface area contributed by atoms with Crippen molar-refractivity contribution in [1.29, 1.82) is 0 Å². The fraction of sp³-hybridized carbons (Fsp3) is 0.538. The van der Waals surface area contributed by atoms with Gasteiger partial charge in [0.25, 0.3) is 5.91 Å². The van der Waals surface area contributed by atoms with Gasteiger partial charge in [-0.05, 0) is 38.1 Å². The number of carbonyl (C=O) groups is 1. The number of likely N-dealkylation sites (tertiary alicyclic amines) is 1. The molecule has 0 saturated carbocycles. The predicted octanol–water partition coefficient (Wildman–Crippen LogP) is 0.734. The molecule has 0 aliphatic carbocycles. The van der Waals surface area contributed by atoms with Gasteiger partial charge in [-0.15, -0.1) is 0 Å². The van der Waals surface area contributed by atoms with E-state index in [4.69, 9.17) is 5.73 Å². The molecule has 1 saturated heterocycles. The zero-order valence-electron chi connectivity index (χ0n) is 10.9. The number of nitrogens with two attached hydrogens (primary N) is 1. The molecule has 2 atom stereocenters. The second-order valence-corrected chi connectivity index (χ2v) is 5.08. The standard InChI is InChI=1S/C13H20N4O/c1-9-8-17(2)6-5-11(9)16-13(18)12-4-3-10(14)7-15-12/h3-4,7,9,11H,5-6,8,14H2,1-2H3,(H,16,18). The number of aromatic nitrogens is 1. The molecule has 0 spiro atoms. The first-order chi connectivity index (χ1) is 8.56. The summed E-state index contributed by atoms with van der Waals surface area (Å²) >= 11 is 0. The Morgan fingerprint density at radius 3 is 2.94 bits per heavy atom. The van der Waals surface area contributed by atoms with Crippen LogP contribution in [0, 0.1) is 5.92 Å². The summed E-state index contributed by atoms with van der Waals surface area (Å²) in [4.78, 5) is 18.3. The van der Waals surface area contributed by atoms with Gasteiger partial charge in [0.05, 0.1) is 11.9 Å². The summed E-state index contributed by atoms with van der Waals surface area (Å²) in [7, 11) is 2.11. The van der Waals surface area contributed by atoms with Crippen molar-refractivity contribution in [2.24, 2.45) is 5.92 Å². The Morgan fingerprint density at radius 2 is 2.33 bits per heavy atom. The van der Waals surface area contributed by atoms with Crippen LogP contribution in [-0.2, 0) is 0 Å². The van der Waals surface area contributed by atoms with Crippen LogP contribution in [0.5, 0.6) is 0 Å². The highest BCUT2D eigenvalue weighted by molar-refractivity contribution is 5.92. The van der Waals surface area contributed by atoms with Gasteiger partial charge in [-0.3, -0.25) is 4.79 Å². The molecule has 1 aliphatic heterocycles. The minimum absolute atomic E-state index is 0.114. The van der Waals surface area contributed by atoms with E-state index in [-0.39, 0.29) is 11.9 Å². The maximum Gasteiger partial charge on any atom is 0.270 e. The molecule has 2 rings (SSSR count). The molecule has 5 heteroatoms. The summed E-state index contributed by atoms with van der Waals surface area (Å²) in [5.74, 6) is 0.345. The number of nitrogens with one attached hydrogen (secondary N) is 1. The van der Waals surface area contributed by atoms with E-state index in [0.717, 1.165) is 19.5 Å². The number of anilines is 1. The summed E-state index contributed by atoms with van der Waals surface area (Å²) < 4.78 is 0. The van der Waals surface area contributed by atoms with Gasteiger partial charge in [-0.2, -0.15) is 0 Å². The number of piperidine rings is 1.